The van der Waals surface area contributed by atoms with E-state index in [4.69, 9.17) is 9.84 Å². The zero-order chi connectivity index (χ0) is 33.1. The van der Waals surface area contributed by atoms with Crippen molar-refractivity contribution in [2.45, 2.75) is 51.4 Å². The molecule has 1 saturated heterocycles. The van der Waals surface area contributed by atoms with Crippen molar-refractivity contribution >= 4 is 35.1 Å². The van der Waals surface area contributed by atoms with Gasteiger partial charge in [-0.1, -0.05) is 24.3 Å². The first-order valence-corrected chi connectivity index (χ1v) is 14.7. The molecule has 11 nitrogen and oxygen atoms in total. The van der Waals surface area contributed by atoms with Crippen LogP contribution < -0.4 is 16.0 Å². The number of carbonyl (C=O) groups is 2. The molecule has 46 heavy (non-hydrogen) atoms. The third-order valence-corrected chi connectivity index (χ3v) is 7.28. The van der Waals surface area contributed by atoms with Gasteiger partial charge in [-0.25, -0.2) is 9.78 Å². The maximum Gasteiger partial charge on any atom is 0.421 e. The summed E-state index contributed by atoms with van der Waals surface area (Å²) in [5.74, 6) is -1.03. The van der Waals surface area contributed by atoms with Gasteiger partial charge in [-0.2, -0.15) is 23.3 Å². The number of anilines is 4. The normalized spacial score (nSPS) is 14.1. The predicted molar refractivity (Wildman–Crippen MR) is 167 cm³/mol. The van der Waals surface area contributed by atoms with Crippen LogP contribution in [-0.4, -0.2) is 62.4 Å². The molecule has 4 aromatic rings. The summed E-state index contributed by atoms with van der Waals surface area (Å²) in [5.41, 5.74) is 0.859. The van der Waals surface area contributed by atoms with Crippen molar-refractivity contribution in [3.05, 3.63) is 78.1 Å². The molecule has 2 aromatic carbocycles. The Morgan fingerprint density at radius 1 is 0.957 bits per heavy atom. The van der Waals surface area contributed by atoms with E-state index in [0.29, 0.717) is 25.0 Å². The highest BCUT2D eigenvalue weighted by molar-refractivity contribution is 6.00. The van der Waals surface area contributed by atoms with Gasteiger partial charge in [0.2, 0.25) is 5.95 Å². The minimum absolute atomic E-state index is 0.0670. The lowest BCUT2D eigenvalue weighted by atomic mass is 10.1. The molecule has 0 bridgehead atoms. The van der Waals surface area contributed by atoms with Gasteiger partial charge in [0.25, 0.3) is 5.91 Å². The molecule has 2 amide bonds. The molecule has 242 valence electrons. The summed E-state index contributed by atoms with van der Waals surface area (Å²) in [7, 11) is 1.43. The number of aromatic nitrogens is 4. The standard InChI is InChI=1S/C32H35F3N8O3/c1-31(2,3)46-30(45)42-16-13-22(14-17-42)43-18-15-25(41-43)20-9-11-21(12-10-20)38-29-37-19-24(32(33,34)35)27(40-29)39-26-8-6-5-7-23(26)28(44)36-4/h5-12,15,18-19,22H,13-14,16-17H2,1-4H3,(H,36,44)(H2,37,38,39,40). The smallest absolute Gasteiger partial charge is 0.421 e. The molecule has 1 aliphatic rings. The lowest BCUT2D eigenvalue weighted by Gasteiger charge is -2.33. The first-order chi connectivity index (χ1) is 21.8. The van der Waals surface area contributed by atoms with Crippen LogP contribution >= 0.6 is 0 Å². The van der Waals surface area contributed by atoms with Crippen LogP contribution in [0.5, 0.6) is 0 Å². The van der Waals surface area contributed by atoms with Crippen molar-refractivity contribution < 1.29 is 27.5 Å². The Kier molecular flexibility index (Phi) is 9.17. The van der Waals surface area contributed by atoms with Crippen LogP contribution in [0.25, 0.3) is 11.3 Å². The molecule has 0 saturated carbocycles. The predicted octanol–water partition coefficient (Wildman–Crippen LogP) is 6.78. The third-order valence-electron chi connectivity index (χ3n) is 7.28. The second-order valence-electron chi connectivity index (χ2n) is 11.8. The first-order valence-electron chi connectivity index (χ1n) is 14.7. The Balaban J connectivity index is 1.26. The molecule has 1 aliphatic heterocycles. The maximum absolute atomic E-state index is 13.8. The molecule has 14 heteroatoms. The zero-order valence-corrected chi connectivity index (χ0v) is 25.9. The van der Waals surface area contributed by atoms with Crippen molar-refractivity contribution in [1.82, 2.24) is 30.0 Å². The quantitative estimate of drug-likeness (QED) is 0.203. The first kappa shape index (κ1) is 32.3. The van der Waals surface area contributed by atoms with Crippen molar-refractivity contribution in [3.8, 4) is 11.3 Å². The summed E-state index contributed by atoms with van der Waals surface area (Å²) in [6.45, 7) is 6.71. The van der Waals surface area contributed by atoms with Gasteiger partial charge < -0.3 is 25.6 Å². The fraction of sp³-hybridized carbons (Fsp3) is 0.344. The Morgan fingerprint density at radius 3 is 2.30 bits per heavy atom. The number of alkyl halides is 3. The molecule has 0 spiro atoms. The van der Waals surface area contributed by atoms with E-state index in [-0.39, 0.29) is 29.3 Å². The van der Waals surface area contributed by atoms with Crippen molar-refractivity contribution in [2.75, 3.05) is 30.8 Å². The van der Waals surface area contributed by atoms with Crippen molar-refractivity contribution in [1.29, 1.82) is 0 Å². The van der Waals surface area contributed by atoms with E-state index < -0.39 is 29.1 Å². The number of piperidine rings is 1. The van der Waals surface area contributed by atoms with Crippen LogP contribution in [0.3, 0.4) is 0 Å². The van der Waals surface area contributed by atoms with E-state index in [9.17, 15) is 22.8 Å². The summed E-state index contributed by atoms with van der Waals surface area (Å²) in [6.07, 6.45) is -0.916. The number of likely N-dealkylation sites (tertiary alicyclic amines) is 1. The number of amides is 2. The van der Waals surface area contributed by atoms with Crippen LogP contribution in [0.1, 0.15) is 55.6 Å². The van der Waals surface area contributed by atoms with Crippen LogP contribution in [0, 0.1) is 0 Å². The van der Waals surface area contributed by atoms with Gasteiger partial charge in [0, 0.05) is 43.8 Å². The summed E-state index contributed by atoms with van der Waals surface area (Å²) in [6, 6.07) is 15.4. The molecule has 1 fully saturated rings. The Morgan fingerprint density at radius 2 is 1.65 bits per heavy atom. The molecule has 0 unspecified atom stereocenters. The third kappa shape index (κ3) is 7.73. The molecular formula is C32H35F3N8O3. The van der Waals surface area contributed by atoms with E-state index in [0.717, 1.165) is 24.1 Å². The average molecular weight is 637 g/mol. The second kappa shape index (κ2) is 13.1. The van der Waals surface area contributed by atoms with Crippen LogP contribution in [0.15, 0.2) is 67.0 Å². The SMILES string of the molecule is CNC(=O)c1ccccc1Nc1nc(Nc2ccc(-c3ccn(C4CCN(C(=O)OC(C)(C)C)CC4)n3)cc2)ncc1C(F)(F)F. The molecule has 0 aliphatic carbocycles. The molecule has 0 radical (unpaired) electrons. The number of rotatable bonds is 7. The molecule has 2 aromatic heterocycles. The van der Waals surface area contributed by atoms with E-state index >= 15 is 0 Å². The number of nitrogens with one attached hydrogen (secondary N) is 3. The fourth-order valence-corrected chi connectivity index (χ4v) is 4.99. The number of halogens is 3. The summed E-state index contributed by atoms with van der Waals surface area (Å²) in [5, 5.41) is 12.8. The van der Waals surface area contributed by atoms with Gasteiger partial charge in [-0.15, -0.1) is 0 Å². The highest BCUT2D eigenvalue weighted by Gasteiger charge is 2.36. The number of hydrogen-bond acceptors (Lipinski definition) is 8. The molecular weight excluding hydrogens is 601 g/mol. The molecule has 0 atom stereocenters. The Labute approximate surface area is 264 Å². The summed E-state index contributed by atoms with van der Waals surface area (Å²) in [4.78, 5) is 34.3. The number of nitrogens with zero attached hydrogens (tertiary/aromatic N) is 5. The van der Waals surface area contributed by atoms with E-state index in [1.807, 2.05) is 49.8 Å². The van der Waals surface area contributed by atoms with Crippen molar-refractivity contribution in [2.24, 2.45) is 0 Å². The van der Waals surface area contributed by atoms with Crippen molar-refractivity contribution in [3.63, 3.8) is 0 Å². The van der Waals surface area contributed by atoms with Crippen LogP contribution in [0.2, 0.25) is 0 Å². The lowest BCUT2D eigenvalue weighted by molar-refractivity contribution is -0.137. The van der Waals surface area contributed by atoms with Gasteiger partial charge in [0.05, 0.1) is 23.0 Å². The van der Waals surface area contributed by atoms with E-state index in [1.165, 1.54) is 19.2 Å². The summed E-state index contributed by atoms with van der Waals surface area (Å²) < 4.78 is 48.8. The Bertz CT molecular complexity index is 1690. The number of para-hydroxylation sites is 1. The number of ether oxygens (including phenoxy) is 1. The molecule has 3 heterocycles. The topological polar surface area (TPSA) is 126 Å². The number of carbonyl (C=O) groups excluding carboxylic acids is 2. The van der Waals surface area contributed by atoms with Crippen LogP contribution in [0.4, 0.5) is 41.1 Å². The highest BCUT2D eigenvalue weighted by atomic mass is 19.4. The van der Waals surface area contributed by atoms with Gasteiger partial charge in [-0.05, 0) is 63.9 Å². The monoisotopic (exact) mass is 636 g/mol. The van der Waals surface area contributed by atoms with Crippen LogP contribution in [-0.2, 0) is 10.9 Å². The highest BCUT2D eigenvalue weighted by Crippen LogP contribution is 2.36. The van der Waals surface area contributed by atoms with E-state index in [1.54, 1.807) is 29.2 Å². The minimum Gasteiger partial charge on any atom is -0.444 e. The molecule has 5 rings (SSSR count). The van der Waals surface area contributed by atoms with Gasteiger partial charge in [0.1, 0.15) is 17.0 Å². The van der Waals surface area contributed by atoms with Gasteiger partial charge in [0.15, 0.2) is 0 Å². The number of hydrogen-bond donors (Lipinski definition) is 3. The molecule has 3 N–H and O–H groups in total. The fourth-order valence-electron chi connectivity index (χ4n) is 4.99. The largest absolute Gasteiger partial charge is 0.444 e. The maximum atomic E-state index is 13.8. The second-order valence-corrected chi connectivity index (χ2v) is 11.8. The van der Waals surface area contributed by atoms with Gasteiger partial charge >= 0.3 is 12.3 Å². The van der Waals surface area contributed by atoms with Gasteiger partial charge in [-0.3, -0.25) is 9.48 Å². The average Bonchev–Trinajstić information content (AvgIpc) is 3.51. The van der Waals surface area contributed by atoms with E-state index in [2.05, 4.69) is 25.9 Å². The number of benzene rings is 2. The summed E-state index contributed by atoms with van der Waals surface area (Å²) >= 11 is 0. The Hall–Kier alpha value is -5.14. The zero-order valence-electron chi connectivity index (χ0n) is 25.9. The lowest BCUT2D eigenvalue weighted by Crippen LogP contribution is -2.42. The minimum atomic E-state index is -4.73.